The van der Waals surface area contributed by atoms with Gasteiger partial charge in [-0.1, -0.05) is 0 Å². The van der Waals surface area contributed by atoms with Gasteiger partial charge in [0.25, 0.3) is 0 Å². The lowest BCUT2D eigenvalue weighted by Crippen LogP contribution is -2.03. The molecule has 0 fully saturated rings. The van der Waals surface area contributed by atoms with Crippen LogP contribution in [0.4, 0.5) is 0 Å². The molecule has 2 nitrogen and oxygen atoms in total. The first kappa shape index (κ1) is 6.34. The summed E-state index contributed by atoms with van der Waals surface area (Å²) in [6.45, 7) is 0. The van der Waals surface area contributed by atoms with Crippen LogP contribution in [-0.2, 0) is 0 Å². The first-order valence-electron chi connectivity index (χ1n) is 2.27. The Bertz CT molecular complexity index is 57.1. The Morgan fingerprint density at radius 1 is 1.43 bits per heavy atom. The fourth-order valence-electron chi connectivity index (χ4n) is 0.224. The second kappa shape index (κ2) is 3.53. The Morgan fingerprint density at radius 2 is 2.00 bits per heavy atom. The highest BCUT2D eigenvalue weighted by molar-refractivity contribution is 4.73. The third-order valence-electron chi connectivity index (χ3n) is 0.539. The largest absolute Gasteiger partial charge is 0.393 e. The molecule has 0 aromatic heterocycles. The highest BCUT2D eigenvalue weighted by Gasteiger charge is 1.68. The maximum Gasteiger partial charge on any atom is 0.0145 e. The number of nitrogens with zero attached hydrogens (tertiary/aromatic N) is 1. The molecule has 0 bridgehead atoms. The van der Waals surface area contributed by atoms with Crippen molar-refractivity contribution in [3.63, 3.8) is 0 Å². The minimum atomic E-state index is 1.88. The molecular weight excluding hydrogens is 88.1 g/mol. The van der Waals surface area contributed by atoms with Crippen LogP contribution in [0, 0.1) is 0 Å². The highest BCUT2D eigenvalue weighted by atomic mass is 15.0. The van der Waals surface area contributed by atoms with Crippen LogP contribution in [0.3, 0.4) is 0 Å². The van der Waals surface area contributed by atoms with E-state index in [1.165, 1.54) is 0 Å². The van der Waals surface area contributed by atoms with Gasteiger partial charge in [-0.25, -0.2) is 0 Å². The van der Waals surface area contributed by atoms with E-state index >= 15 is 0 Å². The number of nitrogens with one attached hydrogen (secondary N) is 1. The summed E-state index contributed by atoms with van der Waals surface area (Å²) in [6, 6.07) is 0. The zero-order chi connectivity index (χ0) is 5.70. The standard InChI is InChI=1S/C5H12N2/c1-6-4-5-7(2)3/h4-6H,1-3H3/b5-4-. The lowest BCUT2D eigenvalue weighted by Gasteiger charge is -2.01. The second-order valence-corrected chi connectivity index (χ2v) is 1.57. The lowest BCUT2D eigenvalue weighted by atomic mass is 10.8. The molecule has 0 aliphatic carbocycles. The predicted molar refractivity (Wildman–Crippen MR) is 31.9 cm³/mol. The maximum absolute atomic E-state index is 2.88. The van der Waals surface area contributed by atoms with E-state index in [1.807, 2.05) is 38.4 Å². The Labute approximate surface area is 44.8 Å². The molecule has 0 aliphatic heterocycles. The quantitative estimate of drug-likeness (QED) is 0.534. The molecule has 7 heavy (non-hydrogen) atoms. The third-order valence-corrected chi connectivity index (χ3v) is 0.539. The van der Waals surface area contributed by atoms with Gasteiger partial charge in [0.05, 0.1) is 0 Å². The van der Waals surface area contributed by atoms with Crippen LogP contribution in [0.1, 0.15) is 0 Å². The molecule has 0 heterocycles. The average molecular weight is 100 g/mol. The first-order valence-corrected chi connectivity index (χ1v) is 2.27. The molecule has 0 saturated carbocycles. The number of hydrogen-bond acceptors (Lipinski definition) is 2. The van der Waals surface area contributed by atoms with Crippen molar-refractivity contribution in [2.75, 3.05) is 21.1 Å². The van der Waals surface area contributed by atoms with Gasteiger partial charge in [0.1, 0.15) is 0 Å². The van der Waals surface area contributed by atoms with Crippen molar-refractivity contribution in [1.82, 2.24) is 10.2 Å². The number of hydrogen-bond donors (Lipinski definition) is 1. The van der Waals surface area contributed by atoms with Crippen LogP contribution in [0.2, 0.25) is 0 Å². The summed E-state index contributed by atoms with van der Waals surface area (Å²) in [6.07, 6.45) is 3.82. The Hall–Kier alpha value is -0.660. The SMILES string of the molecule is CN/C=C\N(C)C. The molecule has 0 aromatic carbocycles. The summed E-state index contributed by atoms with van der Waals surface area (Å²) in [5.74, 6) is 0. The summed E-state index contributed by atoms with van der Waals surface area (Å²) in [7, 11) is 5.84. The summed E-state index contributed by atoms with van der Waals surface area (Å²) >= 11 is 0. The summed E-state index contributed by atoms with van der Waals surface area (Å²) < 4.78 is 0. The molecule has 0 aliphatic rings. The van der Waals surface area contributed by atoms with Crippen molar-refractivity contribution in [3.8, 4) is 0 Å². The molecule has 0 spiro atoms. The predicted octanol–water partition coefficient (Wildman–Crippen LogP) is 0.239. The lowest BCUT2D eigenvalue weighted by molar-refractivity contribution is 0.560. The van der Waals surface area contributed by atoms with Gasteiger partial charge in [-0.05, 0) is 0 Å². The van der Waals surface area contributed by atoms with E-state index < -0.39 is 0 Å². The van der Waals surface area contributed by atoms with Gasteiger partial charge in [-0.2, -0.15) is 0 Å². The average Bonchev–Trinajstić information content (AvgIpc) is 1.61. The summed E-state index contributed by atoms with van der Waals surface area (Å²) in [5, 5.41) is 2.88. The minimum Gasteiger partial charge on any atom is -0.393 e. The summed E-state index contributed by atoms with van der Waals surface area (Å²) in [4.78, 5) is 1.97. The molecule has 2 heteroatoms. The smallest absolute Gasteiger partial charge is 0.0145 e. The molecule has 0 radical (unpaired) electrons. The van der Waals surface area contributed by atoms with Crippen LogP contribution in [0.5, 0.6) is 0 Å². The van der Waals surface area contributed by atoms with Gasteiger partial charge in [-0.15, -0.1) is 0 Å². The van der Waals surface area contributed by atoms with Crippen molar-refractivity contribution in [2.45, 2.75) is 0 Å². The topological polar surface area (TPSA) is 15.3 Å². The van der Waals surface area contributed by atoms with Crippen LogP contribution in [0.15, 0.2) is 12.4 Å². The van der Waals surface area contributed by atoms with Crippen LogP contribution < -0.4 is 5.32 Å². The molecule has 1 N–H and O–H groups in total. The second-order valence-electron chi connectivity index (χ2n) is 1.57. The molecule has 0 unspecified atom stereocenters. The van der Waals surface area contributed by atoms with Crippen molar-refractivity contribution in [2.24, 2.45) is 0 Å². The van der Waals surface area contributed by atoms with E-state index in [0.29, 0.717) is 0 Å². The van der Waals surface area contributed by atoms with E-state index in [2.05, 4.69) is 5.32 Å². The Kier molecular flexibility index (Phi) is 3.19. The Morgan fingerprint density at radius 3 is 2.14 bits per heavy atom. The maximum atomic E-state index is 2.88. The van der Waals surface area contributed by atoms with E-state index in [9.17, 15) is 0 Å². The fraction of sp³-hybridized carbons (Fsp3) is 0.600. The van der Waals surface area contributed by atoms with Crippen molar-refractivity contribution >= 4 is 0 Å². The van der Waals surface area contributed by atoms with Gasteiger partial charge in [0, 0.05) is 33.5 Å². The van der Waals surface area contributed by atoms with Crippen LogP contribution >= 0.6 is 0 Å². The van der Waals surface area contributed by atoms with Crippen LogP contribution in [0.25, 0.3) is 0 Å². The fourth-order valence-corrected chi connectivity index (χ4v) is 0.224. The molecule has 0 atom stereocenters. The van der Waals surface area contributed by atoms with Crippen molar-refractivity contribution < 1.29 is 0 Å². The van der Waals surface area contributed by atoms with E-state index in [4.69, 9.17) is 0 Å². The third kappa shape index (κ3) is 5.34. The van der Waals surface area contributed by atoms with Gasteiger partial charge in [0.15, 0.2) is 0 Å². The molecule has 0 rings (SSSR count). The van der Waals surface area contributed by atoms with Gasteiger partial charge < -0.3 is 10.2 Å². The molecule has 0 amide bonds. The Balaban J connectivity index is 3.08. The molecule has 0 saturated heterocycles. The molecule has 0 aromatic rings. The normalized spacial score (nSPS) is 9.57. The minimum absolute atomic E-state index is 1.88. The first-order chi connectivity index (χ1) is 3.27. The van der Waals surface area contributed by atoms with Crippen LogP contribution in [-0.4, -0.2) is 26.0 Å². The van der Waals surface area contributed by atoms with E-state index in [0.717, 1.165) is 0 Å². The monoisotopic (exact) mass is 100 g/mol. The van der Waals surface area contributed by atoms with Gasteiger partial charge >= 0.3 is 0 Å². The zero-order valence-corrected chi connectivity index (χ0v) is 5.10. The van der Waals surface area contributed by atoms with Crippen molar-refractivity contribution in [1.29, 1.82) is 0 Å². The van der Waals surface area contributed by atoms with E-state index in [1.54, 1.807) is 0 Å². The van der Waals surface area contributed by atoms with E-state index in [-0.39, 0.29) is 0 Å². The highest BCUT2D eigenvalue weighted by Crippen LogP contribution is 1.70. The molecule has 42 valence electrons. The zero-order valence-electron chi connectivity index (χ0n) is 5.10. The number of rotatable bonds is 2. The van der Waals surface area contributed by atoms with Gasteiger partial charge in [-0.3, -0.25) is 0 Å². The van der Waals surface area contributed by atoms with Gasteiger partial charge in [0.2, 0.25) is 0 Å². The summed E-state index contributed by atoms with van der Waals surface area (Å²) in [5.41, 5.74) is 0. The molecular formula is C5H12N2. The van der Waals surface area contributed by atoms with Crippen molar-refractivity contribution in [3.05, 3.63) is 12.4 Å².